The third-order valence-electron chi connectivity index (χ3n) is 3.58. The minimum Gasteiger partial charge on any atom is -0.299 e. The normalized spacial score (nSPS) is 18.8. The van der Waals surface area contributed by atoms with Gasteiger partial charge in [0.15, 0.2) is 0 Å². The first-order chi connectivity index (χ1) is 8.11. The quantitative estimate of drug-likeness (QED) is 0.798. The summed E-state index contributed by atoms with van der Waals surface area (Å²) in [6.45, 7) is 5.31. The van der Waals surface area contributed by atoms with E-state index in [2.05, 4.69) is 25.9 Å². The van der Waals surface area contributed by atoms with Crippen LogP contribution in [-0.4, -0.2) is 33.1 Å². The van der Waals surface area contributed by atoms with Gasteiger partial charge >= 0.3 is 0 Å². The Hall–Kier alpha value is -0.0600. The molecule has 0 N–H and O–H groups in total. The van der Waals surface area contributed by atoms with E-state index < -0.39 is 0 Å². The summed E-state index contributed by atoms with van der Waals surface area (Å²) in [5, 5.41) is 6.27. The van der Waals surface area contributed by atoms with Crippen molar-refractivity contribution >= 4 is 27.5 Å². The van der Waals surface area contributed by atoms with Crippen molar-refractivity contribution < 1.29 is 0 Å². The Labute approximate surface area is 116 Å². The Morgan fingerprint density at radius 2 is 2.06 bits per heavy atom. The van der Waals surface area contributed by atoms with Gasteiger partial charge < -0.3 is 0 Å². The predicted molar refractivity (Wildman–Crippen MR) is 74.8 cm³/mol. The average molecular weight is 321 g/mol. The molecule has 5 heteroatoms. The number of nitrogens with zero attached hydrogens (tertiary/aromatic N) is 3. The number of piperidine rings is 1. The Balaban J connectivity index is 1.98. The van der Waals surface area contributed by atoms with Crippen molar-refractivity contribution in [3.8, 4) is 0 Å². The summed E-state index contributed by atoms with van der Waals surface area (Å²) < 4.78 is 1.76. The van der Waals surface area contributed by atoms with Crippen LogP contribution in [0.3, 0.4) is 0 Å². The molecule has 17 heavy (non-hydrogen) atoms. The summed E-state index contributed by atoms with van der Waals surface area (Å²) in [5.74, 6) is 0.844. The second-order valence-electron chi connectivity index (χ2n) is 4.85. The van der Waals surface area contributed by atoms with Crippen LogP contribution in [0.15, 0.2) is 0 Å². The van der Waals surface area contributed by atoms with Gasteiger partial charge in [-0.1, -0.05) is 27.5 Å². The zero-order chi connectivity index (χ0) is 12.4. The van der Waals surface area contributed by atoms with Crippen molar-refractivity contribution in [3.05, 3.63) is 16.4 Å². The summed E-state index contributed by atoms with van der Waals surface area (Å²) in [4.78, 5) is 2.48. The highest BCUT2D eigenvalue weighted by atomic mass is 79.9. The number of hydrogen-bond donors (Lipinski definition) is 0. The van der Waals surface area contributed by atoms with Crippen molar-refractivity contribution in [2.24, 2.45) is 13.0 Å². The SMILES string of the molecule is Cc1nn(C)c(Cl)c1CN1CCC(CBr)CC1. The molecule has 2 rings (SSSR count). The third-order valence-corrected chi connectivity index (χ3v) is 4.97. The first kappa shape index (κ1) is 13.4. The number of halogens is 2. The molecule has 1 fully saturated rings. The second-order valence-corrected chi connectivity index (χ2v) is 5.86. The lowest BCUT2D eigenvalue weighted by Gasteiger charge is -2.31. The summed E-state index contributed by atoms with van der Waals surface area (Å²) in [7, 11) is 1.90. The van der Waals surface area contributed by atoms with Gasteiger partial charge in [-0.05, 0) is 38.8 Å². The molecule has 96 valence electrons. The molecule has 1 aromatic rings. The molecule has 2 heterocycles. The molecule has 0 radical (unpaired) electrons. The minimum absolute atomic E-state index is 0.783. The number of aryl methyl sites for hydroxylation is 2. The lowest BCUT2D eigenvalue weighted by Crippen LogP contribution is -2.33. The highest BCUT2D eigenvalue weighted by Gasteiger charge is 2.21. The van der Waals surface area contributed by atoms with Gasteiger partial charge in [0.25, 0.3) is 0 Å². The van der Waals surface area contributed by atoms with Crippen molar-refractivity contribution in [2.45, 2.75) is 26.3 Å². The summed E-state index contributed by atoms with van der Waals surface area (Å²) in [6.07, 6.45) is 2.56. The third kappa shape index (κ3) is 3.04. The van der Waals surface area contributed by atoms with Crippen LogP contribution in [0.25, 0.3) is 0 Å². The summed E-state index contributed by atoms with van der Waals surface area (Å²) in [6, 6.07) is 0. The zero-order valence-corrected chi connectivity index (χ0v) is 12.8. The van der Waals surface area contributed by atoms with Gasteiger partial charge in [-0.25, -0.2) is 0 Å². The van der Waals surface area contributed by atoms with Crippen molar-refractivity contribution in [2.75, 3.05) is 18.4 Å². The maximum atomic E-state index is 6.26. The molecule has 0 aliphatic carbocycles. The number of rotatable bonds is 3. The van der Waals surface area contributed by atoms with E-state index in [4.69, 9.17) is 11.6 Å². The number of hydrogen-bond acceptors (Lipinski definition) is 2. The number of alkyl halides is 1. The van der Waals surface area contributed by atoms with E-state index in [1.807, 2.05) is 14.0 Å². The van der Waals surface area contributed by atoms with Crippen LogP contribution in [0.2, 0.25) is 5.15 Å². The van der Waals surface area contributed by atoms with Gasteiger partial charge in [0.2, 0.25) is 0 Å². The molecular formula is C12H19BrClN3. The molecule has 0 spiro atoms. The molecule has 1 saturated heterocycles. The fraction of sp³-hybridized carbons (Fsp3) is 0.750. The lowest BCUT2D eigenvalue weighted by atomic mass is 9.99. The van der Waals surface area contributed by atoms with Crippen molar-refractivity contribution in [1.29, 1.82) is 0 Å². The highest BCUT2D eigenvalue weighted by Crippen LogP contribution is 2.24. The Kier molecular flexibility index (Phi) is 4.50. The van der Waals surface area contributed by atoms with Crippen LogP contribution >= 0.6 is 27.5 Å². The standard InChI is InChI=1S/C12H19BrClN3/c1-9-11(12(14)16(2)15-9)8-17-5-3-10(7-13)4-6-17/h10H,3-8H2,1-2H3. The minimum atomic E-state index is 0.783. The molecule has 0 amide bonds. The molecule has 1 aliphatic rings. The summed E-state index contributed by atoms with van der Waals surface area (Å²) >= 11 is 9.83. The van der Waals surface area contributed by atoms with Crippen LogP contribution in [0.5, 0.6) is 0 Å². The fourth-order valence-electron chi connectivity index (χ4n) is 2.38. The monoisotopic (exact) mass is 319 g/mol. The van der Waals surface area contributed by atoms with Gasteiger partial charge in [-0.15, -0.1) is 0 Å². The zero-order valence-electron chi connectivity index (χ0n) is 10.4. The number of likely N-dealkylation sites (tertiary alicyclic amines) is 1. The summed E-state index contributed by atoms with van der Waals surface area (Å²) in [5.41, 5.74) is 2.24. The fourth-order valence-corrected chi connectivity index (χ4v) is 3.26. The average Bonchev–Trinajstić information content (AvgIpc) is 2.57. The van der Waals surface area contributed by atoms with Gasteiger partial charge in [-0.2, -0.15) is 5.10 Å². The maximum Gasteiger partial charge on any atom is 0.131 e. The predicted octanol–water partition coefficient (Wildman–Crippen LogP) is 2.99. The smallest absolute Gasteiger partial charge is 0.131 e. The van der Waals surface area contributed by atoms with Crippen LogP contribution in [-0.2, 0) is 13.6 Å². The van der Waals surface area contributed by atoms with E-state index >= 15 is 0 Å². The molecule has 0 saturated carbocycles. The van der Waals surface area contributed by atoms with E-state index in [0.29, 0.717) is 0 Å². The van der Waals surface area contributed by atoms with E-state index in [1.54, 1.807) is 4.68 Å². The molecule has 0 bridgehead atoms. The largest absolute Gasteiger partial charge is 0.299 e. The Morgan fingerprint density at radius 3 is 2.53 bits per heavy atom. The topological polar surface area (TPSA) is 21.1 Å². The first-order valence-electron chi connectivity index (χ1n) is 6.08. The Morgan fingerprint density at radius 1 is 1.41 bits per heavy atom. The van der Waals surface area contributed by atoms with Gasteiger partial charge in [-0.3, -0.25) is 9.58 Å². The molecule has 1 aliphatic heterocycles. The van der Waals surface area contributed by atoms with E-state index in [0.717, 1.165) is 28.6 Å². The molecule has 0 atom stereocenters. The molecule has 0 unspecified atom stereocenters. The molecular weight excluding hydrogens is 302 g/mol. The van der Waals surface area contributed by atoms with E-state index in [-0.39, 0.29) is 0 Å². The van der Waals surface area contributed by atoms with Crippen LogP contribution < -0.4 is 0 Å². The highest BCUT2D eigenvalue weighted by molar-refractivity contribution is 9.09. The van der Waals surface area contributed by atoms with E-state index in [1.165, 1.54) is 31.5 Å². The van der Waals surface area contributed by atoms with Crippen LogP contribution in [0.1, 0.15) is 24.1 Å². The van der Waals surface area contributed by atoms with Crippen LogP contribution in [0, 0.1) is 12.8 Å². The number of aromatic nitrogens is 2. The second kappa shape index (κ2) is 5.72. The maximum absolute atomic E-state index is 6.26. The van der Waals surface area contributed by atoms with Gasteiger partial charge in [0.05, 0.1) is 5.69 Å². The molecule has 3 nitrogen and oxygen atoms in total. The Bertz CT molecular complexity index is 383. The van der Waals surface area contributed by atoms with Gasteiger partial charge in [0.1, 0.15) is 5.15 Å². The molecule has 1 aromatic heterocycles. The lowest BCUT2D eigenvalue weighted by molar-refractivity contribution is 0.187. The molecule has 0 aromatic carbocycles. The van der Waals surface area contributed by atoms with E-state index in [9.17, 15) is 0 Å². The van der Waals surface area contributed by atoms with Gasteiger partial charge in [0, 0.05) is 24.5 Å². The van der Waals surface area contributed by atoms with Crippen molar-refractivity contribution in [1.82, 2.24) is 14.7 Å². The van der Waals surface area contributed by atoms with Crippen LogP contribution in [0.4, 0.5) is 0 Å². The van der Waals surface area contributed by atoms with Crippen molar-refractivity contribution in [3.63, 3.8) is 0 Å². The first-order valence-corrected chi connectivity index (χ1v) is 7.58.